The van der Waals surface area contributed by atoms with Crippen LogP contribution in [0.3, 0.4) is 0 Å². The molecule has 1 saturated heterocycles. The van der Waals surface area contributed by atoms with Gasteiger partial charge in [0, 0.05) is 47.3 Å². The molecule has 0 spiro atoms. The van der Waals surface area contributed by atoms with E-state index in [1.807, 2.05) is 71.9 Å². The molecular weight excluding hydrogens is 714 g/mol. The van der Waals surface area contributed by atoms with Crippen molar-refractivity contribution in [3.05, 3.63) is 141 Å². The molecule has 1 aromatic heterocycles. The lowest BCUT2D eigenvalue weighted by Gasteiger charge is -2.23. The van der Waals surface area contributed by atoms with Gasteiger partial charge in [-0.1, -0.05) is 77.3 Å². The van der Waals surface area contributed by atoms with Crippen molar-refractivity contribution in [3.8, 4) is 6.07 Å². The van der Waals surface area contributed by atoms with E-state index in [0.29, 0.717) is 51.1 Å². The lowest BCUT2D eigenvalue weighted by molar-refractivity contribution is 0.1000. The van der Waals surface area contributed by atoms with Crippen LogP contribution in [0.1, 0.15) is 29.2 Å². The summed E-state index contributed by atoms with van der Waals surface area (Å²) in [7, 11) is 0. The standard InChI is InChI=1S/C37H30Cl3FN8O2/c38-25-8-6-23(7-9-25)35(33-20-49(47-46-33)28-12-13-48(19-28)37(50)51-21-22-4-2-1-3-5-22)45-27-14-29-34(44-26-10-11-32(41)30(39)15-26)24(17-42)18-43-36(29)31(40)16-27/h1-11,14-16,18,20,28,35,45-47H,12-13,19,21H2,(H,43,44). The van der Waals surface area contributed by atoms with E-state index in [-0.39, 0.29) is 29.3 Å². The van der Waals surface area contributed by atoms with E-state index < -0.39 is 11.9 Å². The average molecular weight is 744 g/mol. The van der Waals surface area contributed by atoms with Crippen molar-refractivity contribution in [2.24, 2.45) is 0 Å². The minimum Gasteiger partial charge on any atom is -0.445 e. The van der Waals surface area contributed by atoms with Gasteiger partial charge >= 0.3 is 6.09 Å². The zero-order valence-electron chi connectivity index (χ0n) is 26.8. The molecule has 0 radical (unpaired) electrons. The maximum absolute atomic E-state index is 13.9. The fraction of sp³-hybridized carbons (Fsp3) is 0.162. The Morgan fingerprint density at radius 2 is 1.82 bits per heavy atom. The van der Waals surface area contributed by atoms with E-state index in [1.165, 1.54) is 24.4 Å². The van der Waals surface area contributed by atoms with Crippen LogP contribution in [-0.2, 0) is 11.3 Å². The number of likely N-dealkylation sites (tertiary alicyclic amines) is 1. The molecule has 0 saturated carbocycles. The van der Waals surface area contributed by atoms with E-state index in [2.05, 4.69) is 32.6 Å². The van der Waals surface area contributed by atoms with Gasteiger partial charge in [0.2, 0.25) is 0 Å². The number of nitrogens with zero attached hydrogens (tertiary/aromatic N) is 4. The predicted molar refractivity (Wildman–Crippen MR) is 197 cm³/mol. The van der Waals surface area contributed by atoms with Gasteiger partial charge in [-0.25, -0.2) is 9.18 Å². The Kier molecular flexibility index (Phi) is 10.0. The van der Waals surface area contributed by atoms with Gasteiger partial charge in [0.1, 0.15) is 18.5 Å². The molecular formula is C37H30Cl3FN8O2. The van der Waals surface area contributed by atoms with Crippen molar-refractivity contribution in [1.29, 1.82) is 5.26 Å². The van der Waals surface area contributed by atoms with Crippen LogP contribution in [0.15, 0.2) is 103 Å². The van der Waals surface area contributed by atoms with E-state index in [1.54, 1.807) is 11.0 Å². The molecule has 0 bridgehead atoms. The van der Waals surface area contributed by atoms with Crippen LogP contribution in [0.2, 0.25) is 15.1 Å². The Morgan fingerprint density at radius 1 is 1.04 bits per heavy atom. The molecule has 258 valence electrons. The van der Waals surface area contributed by atoms with E-state index in [0.717, 1.165) is 23.2 Å². The zero-order valence-corrected chi connectivity index (χ0v) is 29.1. The maximum atomic E-state index is 13.9. The molecule has 2 atom stereocenters. The summed E-state index contributed by atoms with van der Waals surface area (Å²) in [5.74, 6) is -0.556. The number of halogens is 4. The highest BCUT2D eigenvalue weighted by Crippen LogP contribution is 2.37. The summed E-state index contributed by atoms with van der Waals surface area (Å²) >= 11 is 19.1. The highest BCUT2D eigenvalue weighted by molar-refractivity contribution is 6.36. The summed E-state index contributed by atoms with van der Waals surface area (Å²) in [5, 5.41) is 20.2. The molecule has 2 unspecified atom stereocenters. The molecule has 2 aliphatic heterocycles. The molecule has 1 fully saturated rings. The molecule has 4 aromatic carbocycles. The third-order valence-corrected chi connectivity index (χ3v) is 9.52. The van der Waals surface area contributed by atoms with Gasteiger partial charge in [-0.05, 0) is 60.0 Å². The second-order valence-corrected chi connectivity index (χ2v) is 13.3. The number of aromatic nitrogens is 1. The van der Waals surface area contributed by atoms with Gasteiger partial charge in [-0.3, -0.25) is 9.99 Å². The number of nitriles is 1. The summed E-state index contributed by atoms with van der Waals surface area (Å²) in [5.41, 5.74) is 11.5. The summed E-state index contributed by atoms with van der Waals surface area (Å²) < 4.78 is 19.5. The quantitative estimate of drug-likeness (QED) is 0.118. The SMILES string of the molecule is N#Cc1cnc2c(Cl)cc(NC(C3=CN(C4CCN(C(=O)OCc5ccccc5)C4)NN3)c3ccc(Cl)cc3)cc2c1Nc1ccc(F)c(Cl)c1. The minimum absolute atomic E-state index is 0.00988. The number of amides is 1. The molecule has 7 rings (SSSR count). The molecule has 3 heterocycles. The fourth-order valence-corrected chi connectivity index (χ4v) is 6.65. The topological polar surface area (TPSA) is 118 Å². The lowest BCUT2D eigenvalue weighted by atomic mass is 10.0. The molecule has 1 amide bonds. The van der Waals surface area contributed by atoms with Crippen molar-refractivity contribution in [3.63, 3.8) is 0 Å². The summed E-state index contributed by atoms with van der Waals surface area (Å²) in [6.07, 6.45) is 3.80. The first-order valence-electron chi connectivity index (χ1n) is 16.0. The van der Waals surface area contributed by atoms with Crippen LogP contribution in [0.5, 0.6) is 0 Å². The summed E-state index contributed by atoms with van der Waals surface area (Å²) in [4.78, 5) is 19.0. The fourth-order valence-electron chi connectivity index (χ4n) is 6.08. The highest BCUT2D eigenvalue weighted by Gasteiger charge is 2.33. The maximum Gasteiger partial charge on any atom is 0.410 e. The smallest absolute Gasteiger partial charge is 0.410 e. The Morgan fingerprint density at radius 3 is 2.59 bits per heavy atom. The number of hydrogen-bond donors (Lipinski definition) is 4. The van der Waals surface area contributed by atoms with Gasteiger partial charge in [0.25, 0.3) is 0 Å². The molecule has 10 nitrogen and oxygen atoms in total. The Hall–Kier alpha value is -5.25. The summed E-state index contributed by atoms with van der Waals surface area (Å²) in [6, 6.07) is 26.6. The first kappa shape index (κ1) is 34.2. The second-order valence-electron chi connectivity index (χ2n) is 12.1. The molecule has 4 N–H and O–H groups in total. The Labute approximate surface area is 308 Å². The number of rotatable bonds is 9. The van der Waals surface area contributed by atoms with Gasteiger partial charge < -0.3 is 25.7 Å². The third-order valence-electron chi connectivity index (χ3n) is 8.69. The van der Waals surface area contributed by atoms with Crippen molar-refractivity contribution in [2.75, 3.05) is 23.7 Å². The average Bonchev–Trinajstić information content (AvgIpc) is 3.83. The van der Waals surface area contributed by atoms with Gasteiger partial charge in [0.15, 0.2) is 0 Å². The Bertz CT molecular complexity index is 2160. The first-order chi connectivity index (χ1) is 24.7. The molecule has 51 heavy (non-hydrogen) atoms. The monoisotopic (exact) mass is 742 g/mol. The number of carbonyl (C=O) groups is 1. The van der Waals surface area contributed by atoms with E-state index in [9.17, 15) is 14.4 Å². The van der Waals surface area contributed by atoms with Crippen molar-refractivity contribution in [1.82, 2.24) is 25.9 Å². The number of pyridine rings is 1. The molecule has 0 aliphatic carbocycles. The van der Waals surface area contributed by atoms with E-state index >= 15 is 0 Å². The van der Waals surface area contributed by atoms with Crippen molar-refractivity contribution in [2.45, 2.75) is 25.1 Å². The number of carbonyl (C=O) groups excluding carboxylic acids is 1. The van der Waals surface area contributed by atoms with Crippen molar-refractivity contribution < 1.29 is 13.9 Å². The number of anilines is 3. The molecule has 5 aromatic rings. The second kappa shape index (κ2) is 14.9. The van der Waals surface area contributed by atoms with Gasteiger partial charge in [0.05, 0.1) is 44.6 Å². The van der Waals surface area contributed by atoms with Crippen LogP contribution in [0.4, 0.5) is 26.2 Å². The number of hydrogen-bond acceptors (Lipinski definition) is 9. The summed E-state index contributed by atoms with van der Waals surface area (Å²) in [6.45, 7) is 1.26. The Balaban J connectivity index is 1.15. The predicted octanol–water partition coefficient (Wildman–Crippen LogP) is 8.68. The largest absolute Gasteiger partial charge is 0.445 e. The molecule has 2 aliphatic rings. The molecule has 14 heteroatoms. The number of ether oxygens (including phenoxy) is 1. The van der Waals surface area contributed by atoms with E-state index in [4.69, 9.17) is 39.5 Å². The van der Waals surface area contributed by atoms with Crippen LogP contribution in [0, 0.1) is 17.1 Å². The van der Waals surface area contributed by atoms with Gasteiger partial charge in [-0.15, -0.1) is 5.53 Å². The number of fused-ring (bicyclic) bond motifs is 1. The van der Waals surface area contributed by atoms with Crippen LogP contribution < -0.4 is 21.6 Å². The van der Waals surface area contributed by atoms with Crippen LogP contribution in [0.25, 0.3) is 10.9 Å². The lowest BCUT2D eigenvalue weighted by Crippen LogP contribution is -2.45. The normalized spacial score (nSPS) is 16.0. The van der Waals surface area contributed by atoms with Gasteiger partial charge in [-0.2, -0.15) is 5.26 Å². The zero-order chi connectivity index (χ0) is 35.5. The van der Waals surface area contributed by atoms with Crippen LogP contribution >= 0.6 is 34.8 Å². The van der Waals surface area contributed by atoms with Crippen LogP contribution in [-0.4, -0.2) is 40.1 Å². The first-order valence-corrected chi connectivity index (χ1v) is 17.1. The third kappa shape index (κ3) is 7.60. The van der Waals surface area contributed by atoms with Crippen molar-refractivity contribution >= 4 is 68.9 Å². The highest BCUT2D eigenvalue weighted by atomic mass is 35.5. The number of benzene rings is 4. The number of nitrogens with one attached hydrogen (secondary N) is 4. The number of hydrazine groups is 2. The minimum atomic E-state index is -0.556.